The highest BCUT2D eigenvalue weighted by Crippen LogP contribution is 2.38. The summed E-state index contributed by atoms with van der Waals surface area (Å²) in [5.74, 6) is -0.717. The zero-order valence-corrected chi connectivity index (χ0v) is 25.1. The molecular formula is C34H37N5O5. The fourth-order valence-corrected chi connectivity index (χ4v) is 5.95. The first kappa shape index (κ1) is 29.2. The van der Waals surface area contributed by atoms with Crippen molar-refractivity contribution in [2.24, 2.45) is 7.05 Å². The van der Waals surface area contributed by atoms with E-state index in [0.29, 0.717) is 17.7 Å². The molecular weight excluding hydrogens is 558 g/mol. The van der Waals surface area contributed by atoms with Gasteiger partial charge in [-0.2, -0.15) is 0 Å². The van der Waals surface area contributed by atoms with Gasteiger partial charge in [-0.15, -0.1) is 0 Å². The van der Waals surface area contributed by atoms with E-state index in [0.717, 1.165) is 53.6 Å². The molecule has 1 fully saturated rings. The number of nitrogens with zero attached hydrogens (tertiary/aromatic N) is 3. The fraction of sp³-hybridized carbons (Fsp3) is 0.353. The minimum atomic E-state index is -0.918. The van der Waals surface area contributed by atoms with E-state index < -0.39 is 18.0 Å². The van der Waals surface area contributed by atoms with E-state index >= 15 is 0 Å². The van der Waals surface area contributed by atoms with Crippen LogP contribution in [0, 0.1) is 0 Å². The van der Waals surface area contributed by atoms with Crippen LogP contribution < -0.4 is 16.2 Å². The van der Waals surface area contributed by atoms with Crippen LogP contribution in [0.25, 0.3) is 22.4 Å². The first-order valence-corrected chi connectivity index (χ1v) is 15.1. The Bertz CT molecular complexity index is 1770. The molecule has 10 nitrogen and oxygen atoms in total. The average Bonchev–Trinajstić information content (AvgIpc) is 3.72. The number of ether oxygens (including phenoxy) is 1. The topological polar surface area (TPSA) is 127 Å². The van der Waals surface area contributed by atoms with E-state index in [1.54, 1.807) is 39.9 Å². The largest absolute Gasteiger partial charge is 0.507 e. The van der Waals surface area contributed by atoms with Crippen molar-refractivity contribution >= 4 is 17.7 Å². The Labute approximate surface area is 255 Å². The highest BCUT2D eigenvalue weighted by atomic mass is 16.6. The summed E-state index contributed by atoms with van der Waals surface area (Å²) in [6, 6.07) is 13.6. The molecule has 0 aliphatic heterocycles. The number of carbonyl (C=O) groups excluding carboxylic acids is 2. The molecule has 6 rings (SSSR count). The highest BCUT2D eigenvalue weighted by Gasteiger charge is 2.36. The molecule has 2 heterocycles. The van der Waals surface area contributed by atoms with E-state index in [4.69, 9.17) is 4.74 Å². The predicted octanol–water partition coefficient (Wildman–Crippen LogP) is 5.52. The highest BCUT2D eigenvalue weighted by molar-refractivity contribution is 5.98. The number of phenols is 1. The summed E-state index contributed by atoms with van der Waals surface area (Å²) in [5.41, 5.74) is 5.60. The minimum Gasteiger partial charge on any atom is -0.507 e. The molecule has 0 saturated heterocycles. The number of alkyl carbamates (subject to hydrolysis) is 1. The number of fused-ring (bicyclic) bond motifs is 1. The van der Waals surface area contributed by atoms with Gasteiger partial charge in [-0.1, -0.05) is 18.2 Å². The maximum atomic E-state index is 13.9. The van der Waals surface area contributed by atoms with Crippen molar-refractivity contribution in [3.8, 4) is 28.1 Å². The SMILES string of the molecule is CC(C)n1cc(-c2ccc3c(c2)[C@H]([C@H](NC(=O)OC2CC2)C(=O)Nc2ccc(-c4cncn4C)c(O)c2)CCC3)ccc1=O. The smallest absolute Gasteiger partial charge is 0.408 e. The van der Waals surface area contributed by atoms with E-state index in [2.05, 4.69) is 27.8 Å². The quantitative estimate of drug-likeness (QED) is 0.246. The molecule has 2 aromatic heterocycles. The fourth-order valence-electron chi connectivity index (χ4n) is 5.95. The van der Waals surface area contributed by atoms with Crippen molar-refractivity contribution in [3.05, 3.63) is 88.7 Å². The van der Waals surface area contributed by atoms with Crippen molar-refractivity contribution in [1.29, 1.82) is 0 Å². The summed E-state index contributed by atoms with van der Waals surface area (Å²) in [6.07, 6.45) is 8.49. The van der Waals surface area contributed by atoms with Crippen molar-refractivity contribution in [1.82, 2.24) is 19.4 Å². The van der Waals surface area contributed by atoms with Crippen molar-refractivity contribution in [2.75, 3.05) is 5.32 Å². The third-order valence-corrected chi connectivity index (χ3v) is 8.45. The standard InChI is InChI=1S/C34H37N5O5/c1-20(2)39-18-23(9-14-31(39)41)22-8-7-21-5-4-6-26(28(21)15-22)32(37-34(43)44-25-11-12-25)33(42)36-24-10-13-27(30(40)16-24)29-17-35-19-38(29)3/h7-10,13-20,25-26,32,40H,4-6,11-12H2,1-3H3,(H,36,42)(H,37,43)/t26-,32+/m1/s1. The molecule has 0 spiro atoms. The average molecular weight is 596 g/mol. The summed E-state index contributed by atoms with van der Waals surface area (Å²) in [6.45, 7) is 3.94. The molecule has 2 aliphatic carbocycles. The van der Waals surface area contributed by atoms with Crippen LogP contribution in [0.2, 0.25) is 0 Å². The number of pyridine rings is 1. The second kappa shape index (κ2) is 12.0. The van der Waals surface area contributed by atoms with Crippen LogP contribution >= 0.6 is 0 Å². The number of aryl methyl sites for hydroxylation is 2. The van der Waals surface area contributed by atoms with Gasteiger partial charge in [0.05, 0.1) is 18.2 Å². The molecule has 228 valence electrons. The van der Waals surface area contributed by atoms with E-state index in [1.807, 2.05) is 39.2 Å². The molecule has 2 amide bonds. The number of aromatic hydroxyl groups is 1. The van der Waals surface area contributed by atoms with Crippen LogP contribution in [0.3, 0.4) is 0 Å². The molecule has 10 heteroatoms. The Kier molecular flexibility index (Phi) is 7.99. The van der Waals surface area contributed by atoms with Crippen LogP contribution in [-0.4, -0.2) is 43.4 Å². The van der Waals surface area contributed by atoms with Gasteiger partial charge in [0, 0.05) is 48.6 Å². The Morgan fingerprint density at radius 2 is 1.84 bits per heavy atom. The molecule has 2 atom stereocenters. The van der Waals surface area contributed by atoms with E-state index in [1.165, 1.54) is 6.07 Å². The second-order valence-electron chi connectivity index (χ2n) is 12.0. The molecule has 2 aliphatic rings. The minimum absolute atomic E-state index is 0.000518. The third-order valence-electron chi connectivity index (χ3n) is 8.45. The summed E-state index contributed by atoms with van der Waals surface area (Å²) in [5, 5.41) is 16.6. The molecule has 3 N–H and O–H groups in total. The lowest BCUT2D eigenvalue weighted by Gasteiger charge is -2.32. The van der Waals surface area contributed by atoms with Gasteiger partial charge in [-0.05, 0) is 86.4 Å². The molecule has 0 bridgehead atoms. The van der Waals surface area contributed by atoms with Gasteiger partial charge in [-0.3, -0.25) is 9.59 Å². The number of hydrogen-bond donors (Lipinski definition) is 3. The number of hydrogen-bond acceptors (Lipinski definition) is 6. The molecule has 1 saturated carbocycles. The third kappa shape index (κ3) is 6.10. The van der Waals surface area contributed by atoms with Gasteiger partial charge in [0.1, 0.15) is 17.9 Å². The van der Waals surface area contributed by atoms with Gasteiger partial charge in [0.2, 0.25) is 5.91 Å². The van der Waals surface area contributed by atoms with Gasteiger partial charge in [-0.25, -0.2) is 9.78 Å². The van der Waals surface area contributed by atoms with Crippen LogP contribution in [0.4, 0.5) is 10.5 Å². The zero-order chi connectivity index (χ0) is 31.0. The van der Waals surface area contributed by atoms with Crippen molar-refractivity contribution in [2.45, 2.75) is 70.1 Å². The maximum absolute atomic E-state index is 13.9. The Hall–Kier alpha value is -4.86. The Morgan fingerprint density at radius 1 is 1.05 bits per heavy atom. The summed E-state index contributed by atoms with van der Waals surface area (Å²) in [7, 11) is 1.84. The number of benzene rings is 2. The molecule has 2 aromatic carbocycles. The Morgan fingerprint density at radius 3 is 2.55 bits per heavy atom. The van der Waals surface area contributed by atoms with Gasteiger partial charge in [0.25, 0.3) is 5.56 Å². The van der Waals surface area contributed by atoms with Gasteiger partial charge < -0.3 is 29.6 Å². The number of phenolic OH excluding ortho intramolecular Hbond substituents is 1. The normalized spacial score (nSPS) is 16.7. The van der Waals surface area contributed by atoms with Crippen molar-refractivity contribution < 1.29 is 19.4 Å². The zero-order valence-electron chi connectivity index (χ0n) is 25.1. The number of carbonyl (C=O) groups is 2. The number of nitrogens with one attached hydrogen (secondary N) is 2. The molecule has 0 radical (unpaired) electrons. The summed E-state index contributed by atoms with van der Waals surface area (Å²) in [4.78, 5) is 43.3. The predicted molar refractivity (Wildman–Crippen MR) is 168 cm³/mol. The van der Waals surface area contributed by atoms with Crippen LogP contribution in [0.1, 0.15) is 62.6 Å². The lowest BCUT2D eigenvalue weighted by molar-refractivity contribution is -0.118. The van der Waals surface area contributed by atoms with Gasteiger partial charge in [0.15, 0.2) is 0 Å². The maximum Gasteiger partial charge on any atom is 0.408 e. The second-order valence-corrected chi connectivity index (χ2v) is 12.0. The summed E-state index contributed by atoms with van der Waals surface area (Å²) < 4.78 is 8.99. The van der Waals surface area contributed by atoms with Crippen molar-refractivity contribution in [3.63, 3.8) is 0 Å². The lowest BCUT2D eigenvalue weighted by atomic mass is 9.77. The number of imidazole rings is 1. The van der Waals surface area contributed by atoms with Crippen LogP contribution in [0.5, 0.6) is 5.75 Å². The number of anilines is 1. The number of rotatable bonds is 8. The monoisotopic (exact) mass is 595 g/mol. The summed E-state index contributed by atoms with van der Waals surface area (Å²) >= 11 is 0. The van der Waals surface area contributed by atoms with Gasteiger partial charge >= 0.3 is 6.09 Å². The van der Waals surface area contributed by atoms with Crippen LogP contribution in [0.15, 0.2) is 72.0 Å². The lowest BCUT2D eigenvalue weighted by Crippen LogP contribution is -2.48. The van der Waals surface area contributed by atoms with E-state index in [-0.39, 0.29) is 29.4 Å². The number of aromatic nitrogens is 3. The number of amides is 2. The first-order valence-electron chi connectivity index (χ1n) is 15.1. The first-order chi connectivity index (χ1) is 21.2. The van der Waals surface area contributed by atoms with E-state index in [9.17, 15) is 19.5 Å². The Balaban J connectivity index is 1.32. The molecule has 0 unspecified atom stereocenters. The molecule has 4 aromatic rings. The van der Waals surface area contributed by atoms with Crippen LogP contribution in [-0.2, 0) is 23.0 Å². The molecule has 44 heavy (non-hydrogen) atoms.